The first-order valence-corrected chi connectivity index (χ1v) is 5.74. The summed E-state index contributed by atoms with van der Waals surface area (Å²) in [6.45, 7) is 2.25. The van der Waals surface area contributed by atoms with Crippen LogP contribution in [0.5, 0.6) is 0 Å². The van der Waals surface area contributed by atoms with Crippen molar-refractivity contribution < 1.29 is 0 Å². The van der Waals surface area contributed by atoms with E-state index >= 15 is 0 Å². The molecular formula is C12H13ClN2. The van der Waals surface area contributed by atoms with E-state index in [2.05, 4.69) is 16.4 Å². The first-order chi connectivity index (χ1) is 7.34. The van der Waals surface area contributed by atoms with Crippen molar-refractivity contribution in [2.24, 2.45) is 11.8 Å². The van der Waals surface area contributed by atoms with Crippen LogP contribution in [0.2, 0.25) is 5.02 Å². The van der Waals surface area contributed by atoms with Gasteiger partial charge in [-0.2, -0.15) is 0 Å². The minimum atomic E-state index is 0.672. The summed E-state index contributed by atoms with van der Waals surface area (Å²) in [5.74, 6) is 1.46. The third-order valence-corrected chi connectivity index (χ3v) is 3.62. The highest BCUT2D eigenvalue weighted by molar-refractivity contribution is 6.30. The predicted octanol–water partition coefficient (Wildman–Crippen LogP) is 2.36. The fourth-order valence-electron chi connectivity index (χ4n) is 2.68. The number of rotatable bonds is 1. The van der Waals surface area contributed by atoms with Crippen molar-refractivity contribution in [1.82, 2.24) is 10.3 Å². The van der Waals surface area contributed by atoms with Gasteiger partial charge in [0.1, 0.15) is 0 Å². The van der Waals surface area contributed by atoms with E-state index in [-0.39, 0.29) is 0 Å². The molecule has 2 aliphatic rings. The molecule has 2 atom stereocenters. The molecule has 1 aromatic rings. The van der Waals surface area contributed by atoms with E-state index in [0.717, 1.165) is 24.0 Å². The van der Waals surface area contributed by atoms with Gasteiger partial charge in [0.25, 0.3) is 0 Å². The summed E-state index contributed by atoms with van der Waals surface area (Å²) < 4.78 is 0. The second kappa shape index (κ2) is 3.62. The Hall–Kier alpha value is -0.860. The second-order valence-electron chi connectivity index (χ2n) is 4.31. The monoisotopic (exact) mass is 220 g/mol. The number of hydrogen-bond donors (Lipinski definition) is 1. The molecule has 0 unspecified atom stereocenters. The lowest BCUT2D eigenvalue weighted by molar-refractivity contribution is 0.542. The molecule has 0 bridgehead atoms. The zero-order chi connectivity index (χ0) is 10.3. The van der Waals surface area contributed by atoms with Gasteiger partial charge in [-0.1, -0.05) is 17.7 Å². The van der Waals surface area contributed by atoms with E-state index in [1.807, 2.05) is 12.3 Å². The number of fused-ring (bicyclic) bond motifs is 1. The lowest BCUT2D eigenvalue weighted by Gasteiger charge is -2.13. The third kappa shape index (κ3) is 1.58. The van der Waals surface area contributed by atoms with Crippen molar-refractivity contribution in [3.8, 4) is 0 Å². The molecule has 0 radical (unpaired) electrons. The van der Waals surface area contributed by atoms with Crippen LogP contribution < -0.4 is 5.32 Å². The molecule has 1 aliphatic carbocycles. The number of hydrogen-bond acceptors (Lipinski definition) is 2. The van der Waals surface area contributed by atoms with E-state index in [4.69, 9.17) is 11.6 Å². The van der Waals surface area contributed by atoms with Crippen molar-refractivity contribution >= 4 is 17.2 Å². The lowest BCUT2D eigenvalue weighted by Crippen LogP contribution is -2.10. The molecule has 0 aromatic carbocycles. The standard InChI is InChI=1S/C12H13ClN2/c13-10-3-9(5-14-6-10)11-2-1-8-4-15-7-12(8)11/h2-3,5-6,8,12,15H,1,4,7H2/t8-,12+/m1/s1. The zero-order valence-corrected chi connectivity index (χ0v) is 9.17. The Balaban J connectivity index is 1.94. The lowest BCUT2D eigenvalue weighted by atomic mass is 9.91. The van der Waals surface area contributed by atoms with Crippen LogP contribution in [-0.4, -0.2) is 18.1 Å². The fraction of sp³-hybridized carbons (Fsp3) is 0.417. The van der Waals surface area contributed by atoms with Crippen molar-refractivity contribution in [3.05, 3.63) is 35.1 Å². The van der Waals surface area contributed by atoms with Crippen LogP contribution in [0.3, 0.4) is 0 Å². The van der Waals surface area contributed by atoms with Crippen LogP contribution in [-0.2, 0) is 0 Å². The molecular weight excluding hydrogens is 208 g/mol. The quantitative estimate of drug-likeness (QED) is 0.786. The summed E-state index contributed by atoms with van der Waals surface area (Å²) in [6, 6.07) is 2.01. The minimum absolute atomic E-state index is 0.672. The molecule has 1 aromatic heterocycles. The summed E-state index contributed by atoms with van der Waals surface area (Å²) in [7, 11) is 0. The predicted molar refractivity (Wildman–Crippen MR) is 61.7 cm³/mol. The van der Waals surface area contributed by atoms with E-state index in [0.29, 0.717) is 5.92 Å². The molecule has 1 saturated heterocycles. The van der Waals surface area contributed by atoms with Crippen LogP contribution in [0.15, 0.2) is 24.5 Å². The Bertz CT molecular complexity index is 414. The Morgan fingerprint density at radius 2 is 2.27 bits per heavy atom. The van der Waals surface area contributed by atoms with Gasteiger partial charge in [0.2, 0.25) is 0 Å². The smallest absolute Gasteiger partial charge is 0.0595 e. The highest BCUT2D eigenvalue weighted by Gasteiger charge is 2.34. The maximum atomic E-state index is 5.96. The summed E-state index contributed by atoms with van der Waals surface area (Å²) >= 11 is 5.96. The van der Waals surface area contributed by atoms with Crippen molar-refractivity contribution in [2.45, 2.75) is 6.42 Å². The highest BCUT2D eigenvalue weighted by Crippen LogP contribution is 2.40. The van der Waals surface area contributed by atoms with E-state index in [9.17, 15) is 0 Å². The largest absolute Gasteiger partial charge is 0.316 e. The van der Waals surface area contributed by atoms with E-state index in [1.54, 1.807) is 6.20 Å². The number of aromatic nitrogens is 1. The van der Waals surface area contributed by atoms with Crippen LogP contribution in [0, 0.1) is 11.8 Å². The average molecular weight is 221 g/mol. The van der Waals surface area contributed by atoms with Crippen molar-refractivity contribution in [2.75, 3.05) is 13.1 Å². The first-order valence-electron chi connectivity index (χ1n) is 5.36. The molecule has 2 nitrogen and oxygen atoms in total. The molecule has 3 heteroatoms. The van der Waals surface area contributed by atoms with Gasteiger partial charge in [0, 0.05) is 24.9 Å². The van der Waals surface area contributed by atoms with Gasteiger partial charge in [-0.3, -0.25) is 4.98 Å². The molecule has 1 fully saturated rings. The molecule has 0 spiro atoms. The molecule has 1 aliphatic heterocycles. The molecule has 3 rings (SSSR count). The van der Waals surface area contributed by atoms with Gasteiger partial charge in [-0.15, -0.1) is 0 Å². The van der Waals surface area contributed by atoms with Crippen molar-refractivity contribution in [3.63, 3.8) is 0 Å². The van der Waals surface area contributed by atoms with Crippen LogP contribution in [0.25, 0.3) is 5.57 Å². The first kappa shape index (κ1) is 9.37. The molecule has 0 saturated carbocycles. The van der Waals surface area contributed by atoms with Gasteiger partial charge in [-0.25, -0.2) is 0 Å². The number of halogens is 1. The van der Waals surface area contributed by atoms with Crippen molar-refractivity contribution in [1.29, 1.82) is 0 Å². The molecule has 1 N–H and O–H groups in total. The number of nitrogens with zero attached hydrogens (tertiary/aromatic N) is 1. The normalized spacial score (nSPS) is 29.0. The summed E-state index contributed by atoms with van der Waals surface area (Å²) in [4.78, 5) is 4.15. The Labute approximate surface area is 94.4 Å². The average Bonchev–Trinajstić information content (AvgIpc) is 2.77. The minimum Gasteiger partial charge on any atom is -0.316 e. The van der Waals surface area contributed by atoms with Crippen LogP contribution in [0.1, 0.15) is 12.0 Å². The number of pyridine rings is 1. The van der Waals surface area contributed by atoms with E-state index < -0.39 is 0 Å². The fourth-order valence-corrected chi connectivity index (χ4v) is 2.85. The molecule has 78 valence electrons. The summed E-state index contributed by atoms with van der Waals surface area (Å²) in [5.41, 5.74) is 2.62. The SMILES string of the molecule is Clc1cncc(C2=CC[C@@H]3CNC[C@H]23)c1. The maximum absolute atomic E-state index is 5.96. The summed E-state index contributed by atoms with van der Waals surface area (Å²) in [5, 5.41) is 4.17. The molecule has 0 amide bonds. The van der Waals surface area contributed by atoms with Gasteiger partial charge >= 0.3 is 0 Å². The topological polar surface area (TPSA) is 24.9 Å². The maximum Gasteiger partial charge on any atom is 0.0595 e. The molecule has 2 heterocycles. The third-order valence-electron chi connectivity index (χ3n) is 3.42. The number of nitrogens with one attached hydrogen (secondary N) is 1. The van der Waals surface area contributed by atoms with Crippen LogP contribution >= 0.6 is 11.6 Å². The Morgan fingerprint density at radius 1 is 1.33 bits per heavy atom. The van der Waals surface area contributed by atoms with Gasteiger partial charge in [0.05, 0.1) is 5.02 Å². The van der Waals surface area contributed by atoms with Gasteiger partial charge in [0.15, 0.2) is 0 Å². The number of allylic oxidation sites excluding steroid dienone is 1. The highest BCUT2D eigenvalue weighted by atomic mass is 35.5. The Morgan fingerprint density at radius 3 is 3.13 bits per heavy atom. The zero-order valence-electron chi connectivity index (χ0n) is 8.41. The van der Waals surface area contributed by atoms with E-state index in [1.165, 1.54) is 17.6 Å². The molecule has 15 heavy (non-hydrogen) atoms. The van der Waals surface area contributed by atoms with Gasteiger partial charge < -0.3 is 5.32 Å². The van der Waals surface area contributed by atoms with Crippen LogP contribution in [0.4, 0.5) is 0 Å². The second-order valence-corrected chi connectivity index (χ2v) is 4.75. The Kier molecular flexibility index (Phi) is 2.26. The summed E-state index contributed by atoms with van der Waals surface area (Å²) in [6.07, 6.45) is 7.15. The van der Waals surface area contributed by atoms with Gasteiger partial charge in [-0.05, 0) is 36.1 Å².